The molecule has 0 unspecified atom stereocenters. The Morgan fingerprint density at radius 2 is 2.29 bits per heavy atom. The van der Waals surface area contributed by atoms with Gasteiger partial charge in [-0.25, -0.2) is 4.98 Å². The van der Waals surface area contributed by atoms with Gasteiger partial charge in [-0.1, -0.05) is 6.07 Å². The van der Waals surface area contributed by atoms with Crippen LogP contribution >= 0.6 is 15.9 Å². The fraction of sp³-hybridized carbons (Fsp3) is 0.0833. The monoisotopic (exact) mass is 288 g/mol. The summed E-state index contributed by atoms with van der Waals surface area (Å²) in [7, 11) is 0. The van der Waals surface area contributed by atoms with Crippen molar-refractivity contribution in [3.8, 4) is 6.07 Å². The van der Waals surface area contributed by atoms with E-state index in [4.69, 9.17) is 5.26 Å². The van der Waals surface area contributed by atoms with Crippen molar-refractivity contribution in [2.75, 3.05) is 5.32 Å². The highest BCUT2D eigenvalue weighted by Gasteiger charge is 2.02. The second-order valence-electron chi connectivity index (χ2n) is 3.37. The van der Waals surface area contributed by atoms with Gasteiger partial charge in [-0.05, 0) is 28.1 Å². The van der Waals surface area contributed by atoms with E-state index in [0.29, 0.717) is 12.2 Å². The number of nitrogens with one attached hydrogen (secondary N) is 1. The van der Waals surface area contributed by atoms with Crippen LogP contribution in [0.4, 0.5) is 5.69 Å². The first kappa shape index (κ1) is 11.6. The van der Waals surface area contributed by atoms with Crippen LogP contribution < -0.4 is 5.32 Å². The second-order valence-corrected chi connectivity index (χ2v) is 4.28. The van der Waals surface area contributed by atoms with Gasteiger partial charge in [0.15, 0.2) is 0 Å². The highest BCUT2D eigenvalue weighted by molar-refractivity contribution is 9.10. The molecule has 0 aliphatic carbocycles. The molecule has 17 heavy (non-hydrogen) atoms. The Morgan fingerprint density at radius 1 is 1.41 bits per heavy atom. The van der Waals surface area contributed by atoms with Crippen LogP contribution in [0.5, 0.6) is 0 Å². The number of rotatable bonds is 3. The van der Waals surface area contributed by atoms with Crippen molar-refractivity contribution in [1.29, 1.82) is 5.26 Å². The Hall–Kier alpha value is -1.93. The summed E-state index contributed by atoms with van der Waals surface area (Å²) in [6.45, 7) is 0.550. The van der Waals surface area contributed by atoms with Gasteiger partial charge in [0.2, 0.25) is 0 Å². The summed E-state index contributed by atoms with van der Waals surface area (Å²) in [5.74, 6) is 0. The molecule has 0 saturated heterocycles. The Balaban J connectivity index is 2.10. The third kappa shape index (κ3) is 3.02. The predicted octanol–water partition coefficient (Wildman–Crippen LogP) is 2.72. The van der Waals surface area contributed by atoms with Crippen molar-refractivity contribution < 1.29 is 0 Å². The van der Waals surface area contributed by atoms with Crippen molar-refractivity contribution in [3.05, 3.63) is 52.5 Å². The summed E-state index contributed by atoms with van der Waals surface area (Å²) in [5.41, 5.74) is 2.21. The zero-order chi connectivity index (χ0) is 12.1. The van der Waals surface area contributed by atoms with Crippen LogP contribution in [0, 0.1) is 11.3 Å². The summed E-state index contributed by atoms with van der Waals surface area (Å²) >= 11 is 3.35. The van der Waals surface area contributed by atoms with Gasteiger partial charge < -0.3 is 5.32 Å². The molecule has 0 aliphatic rings. The van der Waals surface area contributed by atoms with E-state index < -0.39 is 0 Å². The topological polar surface area (TPSA) is 61.6 Å². The summed E-state index contributed by atoms with van der Waals surface area (Å²) in [5, 5.41) is 12.1. The number of halogens is 1. The molecule has 0 aromatic carbocycles. The first-order chi connectivity index (χ1) is 8.29. The fourth-order valence-corrected chi connectivity index (χ4v) is 1.75. The van der Waals surface area contributed by atoms with E-state index in [0.717, 1.165) is 15.7 Å². The number of aromatic nitrogens is 2. The highest BCUT2D eigenvalue weighted by atomic mass is 79.9. The molecule has 2 aromatic rings. The summed E-state index contributed by atoms with van der Waals surface area (Å²) in [6, 6.07) is 7.69. The zero-order valence-electron chi connectivity index (χ0n) is 8.89. The minimum atomic E-state index is 0.447. The third-order valence-electron chi connectivity index (χ3n) is 2.19. The van der Waals surface area contributed by atoms with Gasteiger partial charge in [-0.15, -0.1) is 0 Å². The van der Waals surface area contributed by atoms with E-state index >= 15 is 0 Å². The number of anilines is 1. The zero-order valence-corrected chi connectivity index (χ0v) is 10.5. The van der Waals surface area contributed by atoms with Crippen LogP contribution in [0.25, 0.3) is 0 Å². The van der Waals surface area contributed by atoms with Gasteiger partial charge in [-0.3, -0.25) is 4.98 Å². The molecule has 0 atom stereocenters. The van der Waals surface area contributed by atoms with Gasteiger partial charge >= 0.3 is 0 Å². The van der Waals surface area contributed by atoms with Crippen LogP contribution in [-0.4, -0.2) is 9.97 Å². The molecule has 0 fully saturated rings. The lowest BCUT2D eigenvalue weighted by Crippen LogP contribution is -2.02. The van der Waals surface area contributed by atoms with Gasteiger partial charge in [0.25, 0.3) is 0 Å². The maximum atomic E-state index is 8.90. The predicted molar refractivity (Wildman–Crippen MR) is 68.2 cm³/mol. The Bertz CT molecular complexity index is 562. The number of nitriles is 1. The molecule has 4 nitrogen and oxygen atoms in total. The van der Waals surface area contributed by atoms with Crippen molar-refractivity contribution in [3.63, 3.8) is 0 Å². The van der Waals surface area contributed by atoms with Gasteiger partial charge in [-0.2, -0.15) is 5.26 Å². The Labute approximate surface area is 107 Å². The number of pyridine rings is 2. The molecule has 1 N–H and O–H groups in total. The van der Waals surface area contributed by atoms with E-state index in [1.807, 2.05) is 18.2 Å². The summed E-state index contributed by atoms with van der Waals surface area (Å²) < 4.78 is 0.911. The molecule has 2 rings (SSSR count). The first-order valence-corrected chi connectivity index (χ1v) is 5.77. The molecule has 0 radical (unpaired) electrons. The molecular weight excluding hydrogens is 280 g/mol. The smallest absolute Gasteiger partial charge is 0.145 e. The molecule has 0 spiro atoms. The van der Waals surface area contributed by atoms with Gasteiger partial charge in [0.1, 0.15) is 11.8 Å². The largest absolute Gasteiger partial charge is 0.380 e. The van der Waals surface area contributed by atoms with E-state index in [9.17, 15) is 0 Å². The molecule has 2 heterocycles. The third-order valence-corrected chi connectivity index (χ3v) is 2.62. The van der Waals surface area contributed by atoms with Gasteiger partial charge in [0.05, 0.1) is 11.9 Å². The molecule has 0 saturated carbocycles. The lowest BCUT2D eigenvalue weighted by Gasteiger charge is -2.06. The molecule has 0 bridgehead atoms. The van der Waals surface area contributed by atoms with Crippen molar-refractivity contribution in [1.82, 2.24) is 9.97 Å². The minimum Gasteiger partial charge on any atom is -0.380 e. The van der Waals surface area contributed by atoms with E-state index in [-0.39, 0.29) is 0 Å². The van der Waals surface area contributed by atoms with Crippen LogP contribution in [0.1, 0.15) is 11.3 Å². The van der Waals surface area contributed by atoms with Crippen LogP contribution in [0.15, 0.2) is 41.3 Å². The SMILES string of the molecule is N#Cc1ncccc1CNc1cncc(Br)c1. The molecule has 0 aliphatic heterocycles. The Kier molecular flexibility index (Phi) is 3.68. The Morgan fingerprint density at radius 3 is 3.06 bits per heavy atom. The molecule has 84 valence electrons. The van der Waals surface area contributed by atoms with E-state index in [1.54, 1.807) is 18.6 Å². The second kappa shape index (κ2) is 5.41. The lowest BCUT2D eigenvalue weighted by molar-refractivity contribution is 1.08. The van der Waals surface area contributed by atoms with Gasteiger partial charge in [0, 0.05) is 29.0 Å². The molecule has 5 heteroatoms. The normalized spacial score (nSPS) is 9.65. The lowest BCUT2D eigenvalue weighted by atomic mass is 10.2. The van der Waals surface area contributed by atoms with E-state index in [2.05, 4.69) is 37.3 Å². The highest BCUT2D eigenvalue weighted by Crippen LogP contribution is 2.15. The van der Waals surface area contributed by atoms with Crippen LogP contribution in [0.2, 0.25) is 0 Å². The van der Waals surface area contributed by atoms with E-state index in [1.165, 1.54) is 0 Å². The maximum Gasteiger partial charge on any atom is 0.145 e. The van der Waals surface area contributed by atoms with Crippen molar-refractivity contribution in [2.24, 2.45) is 0 Å². The number of nitrogens with zero attached hydrogens (tertiary/aromatic N) is 3. The summed E-state index contributed by atoms with van der Waals surface area (Å²) in [6.07, 6.45) is 5.06. The number of hydrogen-bond donors (Lipinski definition) is 1. The average Bonchev–Trinajstić information content (AvgIpc) is 2.37. The maximum absolute atomic E-state index is 8.90. The molecule has 0 amide bonds. The quantitative estimate of drug-likeness (QED) is 0.943. The molecular formula is C12H9BrN4. The standard InChI is InChI=1S/C12H9BrN4/c13-10-4-11(8-15-7-10)17-6-9-2-1-3-16-12(9)5-14/h1-4,7-8,17H,6H2. The van der Waals surface area contributed by atoms with Crippen LogP contribution in [0.3, 0.4) is 0 Å². The van der Waals surface area contributed by atoms with Crippen molar-refractivity contribution in [2.45, 2.75) is 6.54 Å². The summed E-state index contributed by atoms with van der Waals surface area (Å²) in [4.78, 5) is 8.05. The van der Waals surface area contributed by atoms with Crippen LogP contribution in [-0.2, 0) is 6.54 Å². The molecule has 2 aromatic heterocycles. The fourth-order valence-electron chi connectivity index (χ4n) is 1.39. The number of hydrogen-bond acceptors (Lipinski definition) is 4. The minimum absolute atomic E-state index is 0.447. The first-order valence-electron chi connectivity index (χ1n) is 4.98. The van der Waals surface area contributed by atoms with Crippen molar-refractivity contribution >= 4 is 21.6 Å². The average molecular weight is 289 g/mol.